The van der Waals surface area contributed by atoms with Gasteiger partial charge in [-0.25, -0.2) is 0 Å². The predicted molar refractivity (Wildman–Crippen MR) is 82.3 cm³/mol. The second-order valence-electron chi connectivity index (χ2n) is 5.11. The monoisotopic (exact) mass is 314 g/mol. The first-order chi connectivity index (χ1) is 11.0. The van der Waals surface area contributed by atoms with Crippen LogP contribution < -0.4 is 9.64 Å². The van der Waals surface area contributed by atoms with Crippen LogP contribution in [-0.4, -0.2) is 29.2 Å². The Bertz CT molecular complexity index is 759. The van der Waals surface area contributed by atoms with E-state index in [0.29, 0.717) is 17.0 Å². The van der Waals surface area contributed by atoms with E-state index in [0.717, 1.165) is 0 Å². The highest BCUT2D eigenvalue weighted by Crippen LogP contribution is 2.42. The van der Waals surface area contributed by atoms with Crippen LogP contribution in [0.4, 0.5) is 11.4 Å². The maximum absolute atomic E-state index is 12.1. The zero-order valence-electron chi connectivity index (χ0n) is 12.2. The van der Waals surface area contributed by atoms with Crippen LogP contribution in [0.2, 0.25) is 0 Å². The van der Waals surface area contributed by atoms with Crippen molar-refractivity contribution in [3.8, 4) is 5.75 Å². The van der Waals surface area contributed by atoms with Gasteiger partial charge in [0.1, 0.15) is 11.8 Å². The molecule has 2 atom stereocenters. The maximum atomic E-state index is 12.1. The number of amides is 1. The van der Waals surface area contributed by atoms with E-state index in [1.165, 1.54) is 18.1 Å². The van der Waals surface area contributed by atoms with Crippen molar-refractivity contribution in [2.24, 2.45) is 0 Å². The highest BCUT2D eigenvalue weighted by atomic mass is 16.6. The summed E-state index contributed by atoms with van der Waals surface area (Å²) in [7, 11) is 1.53. The summed E-state index contributed by atoms with van der Waals surface area (Å²) in [6, 6.07) is 12.0. The molecule has 2 aromatic carbocycles. The summed E-state index contributed by atoms with van der Waals surface area (Å²) in [5.74, 6) is 0.142. The van der Waals surface area contributed by atoms with Crippen molar-refractivity contribution in [1.29, 1.82) is 0 Å². The Morgan fingerprint density at radius 1 is 1.17 bits per heavy atom. The lowest BCUT2D eigenvalue weighted by Crippen LogP contribution is -2.59. The van der Waals surface area contributed by atoms with Crippen LogP contribution in [0.1, 0.15) is 11.6 Å². The minimum Gasteiger partial charge on any atom is -0.497 e. The summed E-state index contributed by atoms with van der Waals surface area (Å²) < 4.78 is 5.07. The quantitative estimate of drug-likeness (QED) is 0.529. The van der Waals surface area contributed by atoms with E-state index in [2.05, 4.69) is 0 Å². The molecule has 0 saturated carbocycles. The van der Waals surface area contributed by atoms with Gasteiger partial charge in [0.25, 0.3) is 11.6 Å². The summed E-state index contributed by atoms with van der Waals surface area (Å²) >= 11 is 0. The number of nitro groups is 1. The first-order valence-electron chi connectivity index (χ1n) is 6.93. The Balaban J connectivity index is 2.01. The molecule has 1 fully saturated rings. The van der Waals surface area contributed by atoms with Crippen molar-refractivity contribution >= 4 is 17.3 Å². The number of aliphatic hydroxyl groups is 1. The van der Waals surface area contributed by atoms with Gasteiger partial charge in [-0.3, -0.25) is 19.8 Å². The zero-order valence-corrected chi connectivity index (χ0v) is 12.2. The number of rotatable bonds is 4. The molecule has 1 N–H and O–H groups in total. The number of nitrogens with zero attached hydrogens (tertiary/aromatic N) is 2. The molecular weight excluding hydrogens is 300 g/mol. The molecule has 1 aliphatic rings. The lowest BCUT2D eigenvalue weighted by Gasteiger charge is -2.44. The summed E-state index contributed by atoms with van der Waals surface area (Å²) in [6.45, 7) is 0. The number of methoxy groups -OCH3 is 1. The number of hydrogen-bond acceptors (Lipinski definition) is 5. The van der Waals surface area contributed by atoms with E-state index < -0.39 is 23.0 Å². The second kappa shape index (κ2) is 5.69. The zero-order chi connectivity index (χ0) is 16.6. The first-order valence-corrected chi connectivity index (χ1v) is 6.93. The smallest absolute Gasteiger partial charge is 0.274 e. The molecular formula is C16H14N2O5. The number of nitro benzene ring substituents is 1. The summed E-state index contributed by atoms with van der Waals surface area (Å²) in [6.07, 6.45) is -1.29. The van der Waals surface area contributed by atoms with Gasteiger partial charge in [0.05, 0.1) is 17.6 Å². The number of carbonyl (C=O) groups excluding carboxylic acids is 1. The molecule has 2 aromatic rings. The number of anilines is 1. The molecule has 23 heavy (non-hydrogen) atoms. The fourth-order valence-electron chi connectivity index (χ4n) is 2.72. The molecule has 1 saturated heterocycles. The maximum Gasteiger partial charge on any atom is 0.274 e. The fourth-order valence-corrected chi connectivity index (χ4v) is 2.72. The van der Waals surface area contributed by atoms with Gasteiger partial charge in [-0.15, -0.1) is 0 Å². The van der Waals surface area contributed by atoms with E-state index in [4.69, 9.17) is 4.74 Å². The normalized spacial score (nSPS) is 20.1. The van der Waals surface area contributed by atoms with Gasteiger partial charge >= 0.3 is 0 Å². The third-order valence-corrected chi connectivity index (χ3v) is 3.87. The van der Waals surface area contributed by atoms with Crippen molar-refractivity contribution in [3.63, 3.8) is 0 Å². The number of carbonyl (C=O) groups is 1. The van der Waals surface area contributed by atoms with E-state index in [-0.39, 0.29) is 5.69 Å². The fraction of sp³-hybridized carbons (Fsp3) is 0.188. The van der Waals surface area contributed by atoms with Gasteiger partial charge in [-0.1, -0.05) is 12.1 Å². The van der Waals surface area contributed by atoms with Gasteiger partial charge in [0, 0.05) is 11.8 Å². The van der Waals surface area contributed by atoms with Gasteiger partial charge < -0.3 is 9.84 Å². The lowest BCUT2D eigenvalue weighted by atomic mass is 9.89. The molecule has 118 valence electrons. The average molecular weight is 314 g/mol. The number of β-lactam (4-membered cyclic amide) rings is 1. The van der Waals surface area contributed by atoms with Crippen LogP contribution in [0.3, 0.4) is 0 Å². The minimum atomic E-state index is -1.29. The van der Waals surface area contributed by atoms with Crippen LogP contribution in [-0.2, 0) is 4.79 Å². The van der Waals surface area contributed by atoms with Crippen LogP contribution >= 0.6 is 0 Å². The average Bonchev–Trinajstić information content (AvgIpc) is 2.58. The summed E-state index contributed by atoms with van der Waals surface area (Å²) in [5.41, 5.74) is 0.729. The molecule has 0 radical (unpaired) electrons. The van der Waals surface area contributed by atoms with Crippen LogP contribution in [0, 0.1) is 10.1 Å². The van der Waals surface area contributed by atoms with E-state index in [1.54, 1.807) is 42.5 Å². The Labute approximate surface area is 131 Å². The molecule has 1 amide bonds. The molecule has 1 heterocycles. The van der Waals surface area contributed by atoms with Crippen molar-refractivity contribution in [1.82, 2.24) is 0 Å². The van der Waals surface area contributed by atoms with Crippen molar-refractivity contribution in [2.45, 2.75) is 12.1 Å². The first kappa shape index (κ1) is 15.0. The predicted octanol–water partition coefficient (Wildman–Crippen LogP) is 2.05. The topological polar surface area (TPSA) is 92.9 Å². The third-order valence-electron chi connectivity index (χ3n) is 3.87. The summed E-state index contributed by atoms with van der Waals surface area (Å²) in [4.78, 5) is 24.1. The van der Waals surface area contributed by atoms with E-state index in [9.17, 15) is 20.0 Å². The molecule has 0 aliphatic carbocycles. The molecule has 0 aromatic heterocycles. The second-order valence-corrected chi connectivity index (χ2v) is 5.11. The molecule has 0 spiro atoms. The lowest BCUT2D eigenvalue weighted by molar-refractivity contribution is -0.385. The minimum absolute atomic E-state index is 0.123. The highest BCUT2D eigenvalue weighted by Gasteiger charge is 2.50. The van der Waals surface area contributed by atoms with Gasteiger partial charge in [-0.05, 0) is 30.3 Å². The van der Waals surface area contributed by atoms with E-state index in [1.807, 2.05) is 0 Å². The van der Waals surface area contributed by atoms with Gasteiger partial charge in [-0.2, -0.15) is 0 Å². The van der Waals surface area contributed by atoms with Crippen LogP contribution in [0.15, 0.2) is 48.5 Å². The number of ether oxygens (including phenoxy) is 1. The van der Waals surface area contributed by atoms with Crippen molar-refractivity contribution in [2.75, 3.05) is 12.0 Å². The molecule has 0 unspecified atom stereocenters. The molecule has 3 rings (SSSR count). The van der Waals surface area contributed by atoms with Crippen LogP contribution in [0.5, 0.6) is 5.75 Å². The van der Waals surface area contributed by atoms with Gasteiger partial charge in [0.2, 0.25) is 0 Å². The Morgan fingerprint density at radius 3 is 2.43 bits per heavy atom. The number of para-hydroxylation sites is 1. The largest absolute Gasteiger partial charge is 0.497 e. The Hall–Kier alpha value is -2.93. The Kier molecular flexibility index (Phi) is 3.71. The molecule has 0 bridgehead atoms. The number of aliphatic hydroxyl groups excluding tert-OH is 1. The van der Waals surface area contributed by atoms with Gasteiger partial charge in [0.15, 0.2) is 6.10 Å². The molecule has 1 aliphatic heterocycles. The molecule has 7 nitrogen and oxygen atoms in total. The SMILES string of the molecule is COc1ccc(N2C(=O)[C@@H](O)[C@H]2c2ccccc2[N+](=O)[O-])cc1. The third kappa shape index (κ3) is 2.40. The number of hydrogen-bond donors (Lipinski definition) is 1. The van der Waals surface area contributed by atoms with Crippen molar-refractivity contribution < 1.29 is 19.6 Å². The molecule has 7 heteroatoms. The summed E-state index contributed by atoms with van der Waals surface area (Å²) in [5, 5.41) is 21.2. The van der Waals surface area contributed by atoms with Crippen LogP contribution in [0.25, 0.3) is 0 Å². The van der Waals surface area contributed by atoms with Crippen molar-refractivity contribution in [3.05, 3.63) is 64.2 Å². The van der Waals surface area contributed by atoms with E-state index >= 15 is 0 Å². The Morgan fingerprint density at radius 2 is 1.83 bits per heavy atom. The standard InChI is InChI=1S/C16H14N2O5/c1-23-11-8-6-10(7-9-11)17-14(15(19)16(17)20)12-4-2-3-5-13(12)18(21)22/h2-9,14-15,19H,1H3/t14-,15+/m1/s1. The highest BCUT2D eigenvalue weighted by molar-refractivity contribution is 6.05. The number of benzene rings is 2.